The van der Waals surface area contributed by atoms with Crippen molar-refractivity contribution in [3.63, 3.8) is 0 Å². The van der Waals surface area contributed by atoms with Gasteiger partial charge in [0.25, 0.3) is 0 Å². The highest BCUT2D eigenvalue weighted by Crippen LogP contribution is 2.31. The summed E-state index contributed by atoms with van der Waals surface area (Å²) in [5.74, 6) is 0.163. The van der Waals surface area contributed by atoms with E-state index < -0.39 is 0 Å². The van der Waals surface area contributed by atoms with E-state index >= 15 is 0 Å². The summed E-state index contributed by atoms with van der Waals surface area (Å²) in [5, 5.41) is 13.1. The number of morpholine rings is 1. The summed E-state index contributed by atoms with van der Waals surface area (Å²) < 4.78 is 5.50. The number of carbonyl (C=O) groups is 1. The van der Waals surface area contributed by atoms with Crippen molar-refractivity contribution in [1.29, 1.82) is 5.26 Å². The average molecular weight is 552 g/mol. The van der Waals surface area contributed by atoms with Crippen molar-refractivity contribution in [2.24, 2.45) is 0 Å². The third kappa shape index (κ3) is 7.13. The fourth-order valence-electron chi connectivity index (χ4n) is 4.99. The largest absolute Gasteiger partial charge is 0.379 e. The molecule has 7 nitrogen and oxygen atoms in total. The van der Waals surface area contributed by atoms with Crippen molar-refractivity contribution in [3.8, 4) is 17.3 Å². The minimum absolute atomic E-state index is 0.163. The third-order valence-electron chi connectivity index (χ3n) is 7.16. The van der Waals surface area contributed by atoms with Crippen LogP contribution in [0.3, 0.4) is 0 Å². The monoisotopic (exact) mass is 551 g/mol. The predicted octanol–water partition coefficient (Wildman–Crippen LogP) is 6.07. The Morgan fingerprint density at radius 1 is 0.950 bits per heavy atom. The molecule has 1 fully saturated rings. The molecule has 3 aromatic carbocycles. The van der Waals surface area contributed by atoms with Gasteiger partial charge in [-0.05, 0) is 17.5 Å². The Morgan fingerprint density at radius 3 is 2.15 bits per heavy atom. The average Bonchev–Trinajstić information content (AvgIpc) is 3.43. The predicted molar refractivity (Wildman–Crippen MR) is 159 cm³/mol. The second-order valence-electron chi connectivity index (χ2n) is 9.71. The lowest BCUT2D eigenvalue weighted by atomic mass is 9.88. The lowest BCUT2D eigenvalue weighted by Crippen LogP contribution is -2.44. The van der Waals surface area contributed by atoms with Gasteiger partial charge in [0, 0.05) is 44.2 Å². The number of nitrogens with zero attached hydrogens (tertiary/aromatic N) is 4. The van der Waals surface area contributed by atoms with Crippen molar-refractivity contribution < 1.29 is 9.53 Å². The normalized spacial score (nSPS) is 13.6. The van der Waals surface area contributed by atoms with Gasteiger partial charge >= 0.3 is 6.03 Å². The summed E-state index contributed by atoms with van der Waals surface area (Å²) in [6, 6.07) is 32.5. The maximum absolute atomic E-state index is 13.7. The molecule has 0 radical (unpaired) electrons. The van der Waals surface area contributed by atoms with Crippen LogP contribution in [0.2, 0.25) is 0 Å². The molecule has 0 spiro atoms. The number of thiazole rings is 1. The number of carbonyl (C=O) groups excluding carboxylic acids is 1. The number of anilines is 1. The summed E-state index contributed by atoms with van der Waals surface area (Å²) >= 11 is 1.21. The van der Waals surface area contributed by atoms with Gasteiger partial charge in [-0.15, -0.1) is 0 Å². The van der Waals surface area contributed by atoms with Gasteiger partial charge in [0.1, 0.15) is 16.6 Å². The van der Waals surface area contributed by atoms with Crippen LogP contribution >= 0.6 is 11.3 Å². The molecule has 1 aliphatic heterocycles. The number of nitriles is 1. The molecule has 40 heavy (non-hydrogen) atoms. The van der Waals surface area contributed by atoms with Crippen LogP contribution < -0.4 is 5.32 Å². The van der Waals surface area contributed by atoms with E-state index in [0.29, 0.717) is 42.0 Å². The van der Waals surface area contributed by atoms with E-state index in [9.17, 15) is 10.1 Å². The first kappa shape index (κ1) is 27.5. The van der Waals surface area contributed by atoms with E-state index in [-0.39, 0.29) is 11.9 Å². The Bertz CT molecular complexity index is 1360. The van der Waals surface area contributed by atoms with Gasteiger partial charge in [-0.1, -0.05) is 102 Å². The Morgan fingerprint density at radius 2 is 1.55 bits per heavy atom. The minimum Gasteiger partial charge on any atom is -0.379 e. The van der Waals surface area contributed by atoms with Crippen LogP contribution in [-0.2, 0) is 4.74 Å². The maximum Gasteiger partial charge on any atom is 0.323 e. The van der Waals surface area contributed by atoms with Crippen LogP contribution in [0.15, 0.2) is 91.0 Å². The number of aromatic nitrogens is 1. The summed E-state index contributed by atoms with van der Waals surface area (Å²) in [6.07, 6.45) is 0.779. The lowest BCUT2D eigenvalue weighted by molar-refractivity contribution is 0.0351. The smallest absolute Gasteiger partial charge is 0.323 e. The second kappa shape index (κ2) is 13.9. The summed E-state index contributed by atoms with van der Waals surface area (Å²) in [7, 11) is 0. The number of ether oxygens (including phenoxy) is 1. The SMILES string of the molecule is N#Cc1sc(NC(=O)N(CCC(c2ccccc2)c2ccccc2)CCN2CCOCC2)nc1-c1ccccc1. The Balaban J connectivity index is 1.34. The minimum atomic E-state index is -0.203. The first-order valence-corrected chi connectivity index (χ1v) is 14.4. The number of amides is 2. The molecule has 1 aromatic heterocycles. The number of nitrogens with one attached hydrogen (secondary N) is 1. The maximum atomic E-state index is 13.7. The van der Waals surface area contributed by atoms with Crippen LogP contribution in [0.25, 0.3) is 11.3 Å². The molecule has 0 saturated carbocycles. The highest BCUT2D eigenvalue weighted by molar-refractivity contribution is 7.16. The summed E-state index contributed by atoms with van der Waals surface area (Å²) in [6.45, 7) is 5.10. The summed E-state index contributed by atoms with van der Waals surface area (Å²) in [4.78, 5) is 23.0. The molecule has 4 aromatic rings. The van der Waals surface area contributed by atoms with Gasteiger partial charge in [0.2, 0.25) is 0 Å². The van der Waals surface area contributed by atoms with Gasteiger partial charge in [0.05, 0.1) is 13.2 Å². The van der Waals surface area contributed by atoms with Crippen LogP contribution in [0.4, 0.5) is 9.93 Å². The molecule has 0 unspecified atom stereocenters. The molecule has 0 aliphatic carbocycles. The van der Waals surface area contributed by atoms with Crippen molar-refractivity contribution in [3.05, 3.63) is 107 Å². The van der Waals surface area contributed by atoms with Gasteiger partial charge in [-0.3, -0.25) is 10.2 Å². The van der Waals surface area contributed by atoms with Crippen molar-refractivity contribution in [2.75, 3.05) is 51.3 Å². The van der Waals surface area contributed by atoms with Crippen LogP contribution in [0.5, 0.6) is 0 Å². The highest BCUT2D eigenvalue weighted by Gasteiger charge is 2.22. The van der Waals surface area contributed by atoms with Gasteiger partial charge < -0.3 is 9.64 Å². The lowest BCUT2D eigenvalue weighted by Gasteiger charge is -2.31. The van der Waals surface area contributed by atoms with Crippen LogP contribution in [-0.4, -0.2) is 66.8 Å². The van der Waals surface area contributed by atoms with E-state index in [1.165, 1.54) is 22.5 Å². The zero-order valence-corrected chi connectivity index (χ0v) is 23.2. The van der Waals surface area contributed by atoms with Crippen molar-refractivity contribution in [2.45, 2.75) is 12.3 Å². The van der Waals surface area contributed by atoms with E-state index in [2.05, 4.69) is 69.8 Å². The van der Waals surface area contributed by atoms with Gasteiger partial charge in [-0.2, -0.15) is 5.26 Å². The van der Waals surface area contributed by atoms with E-state index in [1.807, 2.05) is 47.4 Å². The zero-order valence-electron chi connectivity index (χ0n) is 22.4. The van der Waals surface area contributed by atoms with Gasteiger partial charge in [0.15, 0.2) is 5.13 Å². The molecule has 0 bridgehead atoms. The quantitative estimate of drug-likeness (QED) is 0.259. The second-order valence-corrected chi connectivity index (χ2v) is 10.7. The number of urea groups is 1. The molecular formula is C32H33N5O2S. The molecule has 204 valence electrons. The first-order chi connectivity index (χ1) is 19.7. The zero-order chi connectivity index (χ0) is 27.6. The fourth-order valence-corrected chi connectivity index (χ4v) is 5.77. The molecule has 2 heterocycles. The topological polar surface area (TPSA) is 81.5 Å². The van der Waals surface area contributed by atoms with E-state index in [4.69, 9.17) is 4.74 Å². The highest BCUT2D eigenvalue weighted by atomic mass is 32.1. The molecule has 2 amide bonds. The number of benzene rings is 3. The Hall–Kier alpha value is -4.03. The third-order valence-corrected chi connectivity index (χ3v) is 8.03. The Labute approximate surface area is 239 Å². The number of hydrogen-bond acceptors (Lipinski definition) is 6. The number of hydrogen-bond donors (Lipinski definition) is 1. The molecule has 1 aliphatic rings. The molecule has 1 saturated heterocycles. The van der Waals surface area contributed by atoms with Crippen molar-refractivity contribution >= 4 is 22.5 Å². The standard InChI is InChI=1S/C32H33N5O2S/c33-24-29-30(27-14-8-3-9-15-27)34-31(40-29)35-32(38)37(19-18-36-20-22-39-23-21-36)17-16-28(25-10-4-1-5-11-25)26-12-6-2-7-13-26/h1-15,28H,16-23H2,(H,34,35,38). The van der Waals surface area contributed by atoms with Crippen LogP contribution in [0, 0.1) is 11.3 Å². The molecule has 5 rings (SSSR count). The van der Waals surface area contributed by atoms with Crippen molar-refractivity contribution in [1.82, 2.24) is 14.8 Å². The van der Waals surface area contributed by atoms with E-state index in [1.54, 1.807) is 0 Å². The molecule has 8 heteroatoms. The fraction of sp³-hybridized carbons (Fsp3) is 0.281. The van der Waals surface area contributed by atoms with E-state index in [0.717, 1.165) is 31.6 Å². The molecule has 1 N–H and O–H groups in total. The van der Waals surface area contributed by atoms with Crippen LogP contribution in [0.1, 0.15) is 28.3 Å². The molecule has 0 atom stereocenters. The number of rotatable bonds is 10. The Kier molecular flexibility index (Phi) is 9.54. The summed E-state index contributed by atoms with van der Waals surface area (Å²) in [5.41, 5.74) is 3.91. The van der Waals surface area contributed by atoms with Gasteiger partial charge in [-0.25, -0.2) is 9.78 Å². The molecular weight excluding hydrogens is 518 g/mol. The first-order valence-electron chi connectivity index (χ1n) is 13.6.